The monoisotopic (exact) mass is 709 g/mol. The predicted molar refractivity (Wildman–Crippen MR) is 189 cm³/mol. The maximum absolute atomic E-state index is 14.5. The van der Waals surface area contributed by atoms with Crippen LogP contribution in [0.2, 0.25) is 0 Å². The lowest BCUT2D eigenvalue weighted by molar-refractivity contribution is -0.140. The number of nitrogens with zero attached hydrogens (tertiary/aromatic N) is 4. The van der Waals surface area contributed by atoms with Gasteiger partial charge in [0.2, 0.25) is 17.7 Å². The summed E-state index contributed by atoms with van der Waals surface area (Å²) < 4.78 is 39.9. The summed E-state index contributed by atoms with van der Waals surface area (Å²) >= 11 is 0. The predicted octanol–water partition coefficient (Wildman–Crippen LogP) is 2.95. The van der Waals surface area contributed by atoms with Crippen LogP contribution >= 0.6 is 0 Å². The molecule has 3 amide bonds. The molecule has 3 N–H and O–H groups in total. The van der Waals surface area contributed by atoms with Crippen molar-refractivity contribution >= 4 is 44.5 Å². The minimum absolute atomic E-state index is 0.0712. The molecule has 15 heteroatoms. The Hall–Kier alpha value is -4.50. The quantitative estimate of drug-likeness (QED) is 0.240. The van der Waals surface area contributed by atoms with E-state index in [1.54, 1.807) is 19.4 Å². The van der Waals surface area contributed by atoms with E-state index in [0.29, 0.717) is 23.9 Å². The molecule has 1 saturated carbocycles. The molecule has 50 heavy (non-hydrogen) atoms. The van der Waals surface area contributed by atoms with Gasteiger partial charge in [-0.2, -0.15) is 12.7 Å². The molecule has 14 nitrogen and oxygen atoms in total. The summed E-state index contributed by atoms with van der Waals surface area (Å²) in [5.41, 5.74) is 0.346. The molecule has 1 saturated heterocycles. The number of hydrogen-bond donors (Lipinski definition) is 3. The van der Waals surface area contributed by atoms with Crippen molar-refractivity contribution in [3.05, 3.63) is 53.9 Å². The van der Waals surface area contributed by atoms with Crippen LogP contribution in [-0.4, -0.2) is 96.8 Å². The lowest BCUT2D eigenvalue weighted by Gasteiger charge is -2.31. The SMILES string of the molecule is CC[C@@H]1C[C@]1(NC(=O)[C@@H]1C[C@@H](Oc2nccc3cc(OC)ccc23)CN1C(=O)C(Nc1cc(C)cc(C)n1)C(C)C)C(=O)NS(=O)(=O)N(C)C. The first-order valence-electron chi connectivity index (χ1n) is 16.8. The Morgan fingerprint density at radius 1 is 1.12 bits per heavy atom. The van der Waals surface area contributed by atoms with Gasteiger partial charge in [-0.25, -0.2) is 14.7 Å². The number of carbonyl (C=O) groups is 3. The molecule has 5 rings (SSSR count). The number of ether oxygens (including phenoxy) is 2. The van der Waals surface area contributed by atoms with Crippen LogP contribution in [0.4, 0.5) is 5.82 Å². The number of pyridine rings is 2. The second kappa shape index (κ2) is 14.4. The third-order valence-corrected chi connectivity index (χ3v) is 10.9. The van der Waals surface area contributed by atoms with Crippen molar-refractivity contribution in [2.75, 3.05) is 33.1 Å². The molecule has 2 aromatic heterocycles. The zero-order chi connectivity index (χ0) is 36.5. The van der Waals surface area contributed by atoms with E-state index in [2.05, 4.69) is 25.3 Å². The minimum atomic E-state index is -4.10. The van der Waals surface area contributed by atoms with Crippen LogP contribution in [0.1, 0.15) is 51.3 Å². The third-order valence-electron chi connectivity index (χ3n) is 9.45. The van der Waals surface area contributed by atoms with Crippen molar-refractivity contribution in [1.29, 1.82) is 0 Å². The fourth-order valence-corrected chi connectivity index (χ4v) is 7.16. The normalized spacial score (nSPS) is 22.4. The molecule has 0 spiro atoms. The standard InChI is InChI=1S/C35H47N7O7S/c1-9-24-18-35(24,34(45)40-50(46,47)41(6)7)39-31(43)28-17-26(49-32-27-11-10-25(48-8)16-23(27)12-13-36-32)19-42(28)33(44)30(20(2)3)38-29-15-21(4)14-22(5)37-29/h10-16,20,24,26,28,30H,9,17-19H2,1-8H3,(H,37,38)(H,39,43)(H,40,45)/t24-,26-,28+,30?,35-/m1/s1. The Bertz CT molecular complexity index is 1870. The lowest BCUT2D eigenvalue weighted by atomic mass is 10.0. The number of fused-ring (bicyclic) bond motifs is 1. The van der Waals surface area contributed by atoms with Gasteiger partial charge in [0.25, 0.3) is 5.91 Å². The van der Waals surface area contributed by atoms with Crippen LogP contribution in [-0.2, 0) is 24.6 Å². The smallest absolute Gasteiger partial charge is 0.303 e. The van der Waals surface area contributed by atoms with Gasteiger partial charge in [-0.05, 0) is 79.5 Å². The maximum atomic E-state index is 14.5. The Kier molecular flexibility index (Phi) is 10.6. The highest BCUT2D eigenvalue weighted by atomic mass is 32.2. The second-order valence-electron chi connectivity index (χ2n) is 13.7. The van der Waals surface area contributed by atoms with Gasteiger partial charge < -0.3 is 25.0 Å². The number of likely N-dealkylation sites (tertiary alicyclic amines) is 1. The number of aromatic nitrogens is 2. The van der Waals surface area contributed by atoms with Crippen LogP contribution < -0.4 is 24.8 Å². The Balaban J connectivity index is 1.46. The fraction of sp³-hybridized carbons (Fsp3) is 0.514. The summed E-state index contributed by atoms with van der Waals surface area (Å²) in [5, 5.41) is 7.75. The largest absolute Gasteiger partial charge is 0.497 e. The van der Waals surface area contributed by atoms with Crippen molar-refractivity contribution < 1.29 is 32.3 Å². The van der Waals surface area contributed by atoms with Crippen molar-refractivity contribution in [3.63, 3.8) is 0 Å². The van der Waals surface area contributed by atoms with Gasteiger partial charge in [0.05, 0.1) is 13.7 Å². The Morgan fingerprint density at radius 2 is 1.86 bits per heavy atom. The highest BCUT2D eigenvalue weighted by Crippen LogP contribution is 2.46. The van der Waals surface area contributed by atoms with E-state index in [9.17, 15) is 22.8 Å². The van der Waals surface area contributed by atoms with Crippen molar-refractivity contribution in [2.45, 2.75) is 77.6 Å². The van der Waals surface area contributed by atoms with Gasteiger partial charge in [-0.15, -0.1) is 0 Å². The molecule has 1 aliphatic heterocycles. The van der Waals surface area contributed by atoms with E-state index in [0.717, 1.165) is 26.3 Å². The molecule has 0 bridgehead atoms. The molecule has 1 unspecified atom stereocenters. The number of methoxy groups -OCH3 is 1. The van der Waals surface area contributed by atoms with E-state index in [-0.39, 0.29) is 37.1 Å². The molecule has 5 atom stereocenters. The summed E-state index contributed by atoms with van der Waals surface area (Å²) in [7, 11) is 0.0959. The van der Waals surface area contributed by atoms with E-state index in [1.807, 2.05) is 65.0 Å². The number of anilines is 1. The molecule has 270 valence electrons. The lowest BCUT2D eigenvalue weighted by Crippen LogP contribution is -2.58. The summed E-state index contributed by atoms with van der Waals surface area (Å²) in [5.74, 6) is -0.619. The van der Waals surface area contributed by atoms with Crippen LogP contribution in [0.5, 0.6) is 11.6 Å². The summed E-state index contributed by atoms with van der Waals surface area (Å²) in [6.07, 6.45) is 1.92. The number of amides is 3. The number of benzene rings is 1. The number of nitrogens with one attached hydrogen (secondary N) is 3. The number of carbonyl (C=O) groups excluding carboxylic acids is 3. The van der Waals surface area contributed by atoms with Crippen LogP contribution in [0, 0.1) is 25.7 Å². The first-order chi connectivity index (χ1) is 23.6. The molecule has 3 heterocycles. The van der Waals surface area contributed by atoms with Gasteiger partial charge in [-0.3, -0.25) is 14.4 Å². The molecular weight excluding hydrogens is 662 g/mol. The van der Waals surface area contributed by atoms with E-state index in [1.165, 1.54) is 19.0 Å². The summed E-state index contributed by atoms with van der Waals surface area (Å²) in [6.45, 7) is 9.58. The van der Waals surface area contributed by atoms with E-state index < -0.39 is 45.8 Å². The average Bonchev–Trinajstić information content (AvgIpc) is 3.61. The van der Waals surface area contributed by atoms with Crippen molar-refractivity contribution in [1.82, 2.24) is 29.2 Å². The molecule has 2 aliphatic rings. The molecule has 1 aliphatic carbocycles. The Labute approximate surface area is 293 Å². The third kappa shape index (κ3) is 7.63. The topological polar surface area (TPSA) is 172 Å². The molecule has 3 aromatic rings. The second-order valence-corrected chi connectivity index (χ2v) is 15.6. The molecule has 0 radical (unpaired) electrons. The average molecular weight is 710 g/mol. The number of rotatable bonds is 13. The van der Waals surface area contributed by atoms with Gasteiger partial charge in [0.1, 0.15) is 35.3 Å². The number of hydrogen-bond acceptors (Lipinski definition) is 10. The molecular formula is C35H47N7O7S. The van der Waals surface area contributed by atoms with Gasteiger partial charge >= 0.3 is 10.2 Å². The zero-order valence-corrected chi connectivity index (χ0v) is 30.6. The fourth-order valence-electron chi connectivity index (χ4n) is 6.56. The number of aryl methyl sites for hydroxylation is 2. The van der Waals surface area contributed by atoms with Crippen molar-refractivity contribution in [3.8, 4) is 11.6 Å². The molecule has 2 fully saturated rings. The first kappa shape index (κ1) is 36.8. The van der Waals surface area contributed by atoms with Gasteiger partial charge in [0.15, 0.2) is 0 Å². The highest BCUT2D eigenvalue weighted by molar-refractivity contribution is 7.87. The molecule has 1 aromatic carbocycles. The summed E-state index contributed by atoms with van der Waals surface area (Å²) in [6, 6.07) is 9.39. The zero-order valence-electron chi connectivity index (χ0n) is 29.8. The Morgan fingerprint density at radius 3 is 2.48 bits per heavy atom. The maximum Gasteiger partial charge on any atom is 0.303 e. The van der Waals surface area contributed by atoms with Gasteiger partial charge in [-0.1, -0.05) is 27.2 Å². The highest BCUT2D eigenvalue weighted by Gasteiger charge is 2.62. The summed E-state index contributed by atoms with van der Waals surface area (Å²) in [4.78, 5) is 52.7. The van der Waals surface area contributed by atoms with Gasteiger partial charge in [0, 0.05) is 37.8 Å². The van der Waals surface area contributed by atoms with E-state index in [4.69, 9.17) is 9.47 Å². The van der Waals surface area contributed by atoms with Crippen LogP contribution in [0.25, 0.3) is 10.8 Å². The first-order valence-corrected chi connectivity index (χ1v) is 18.2. The van der Waals surface area contributed by atoms with E-state index >= 15 is 0 Å². The van der Waals surface area contributed by atoms with Crippen molar-refractivity contribution in [2.24, 2.45) is 11.8 Å². The minimum Gasteiger partial charge on any atom is -0.497 e. The van der Waals surface area contributed by atoms with Crippen LogP contribution in [0.3, 0.4) is 0 Å². The van der Waals surface area contributed by atoms with Crippen LogP contribution in [0.15, 0.2) is 42.6 Å².